The highest BCUT2D eigenvalue weighted by Crippen LogP contribution is 2.35. The predicted molar refractivity (Wildman–Crippen MR) is 103 cm³/mol. The van der Waals surface area contributed by atoms with E-state index in [0.717, 1.165) is 29.9 Å². The molecule has 1 aliphatic carbocycles. The van der Waals surface area contributed by atoms with Crippen LogP contribution in [-0.4, -0.2) is 0 Å². The van der Waals surface area contributed by atoms with Crippen LogP contribution in [0, 0.1) is 23.6 Å². The maximum absolute atomic E-state index is 14.1. The largest absolute Gasteiger partial charge is 0.206 e. The summed E-state index contributed by atoms with van der Waals surface area (Å²) in [5, 5.41) is 0. The van der Waals surface area contributed by atoms with Gasteiger partial charge in [0.15, 0.2) is 0 Å². The molecule has 0 radical (unpaired) electrons. The lowest BCUT2D eigenvalue weighted by atomic mass is 9.79. The van der Waals surface area contributed by atoms with E-state index in [2.05, 4.69) is 50.0 Å². The molecule has 0 aromatic heterocycles. The van der Waals surface area contributed by atoms with Crippen LogP contribution in [0.25, 0.3) is 0 Å². The maximum atomic E-state index is 14.1. The smallest absolute Gasteiger partial charge is 0.139 e. The number of halogens is 1. The monoisotopic (exact) mass is 334 g/mol. The molecule has 0 unspecified atom stereocenters. The number of benzene rings is 2. The van der Waals surface area contributed by atoms with Crippen molar-refractivity contribution in [3.8, 4) is 11.8 Å². The Balaban J connectivity index is 1.69. The van der Waals surface area contributed by atoms with Gasteiger partial charge in [-0.1, -0.05) is 63.1 Å². The van der Waals surface area contributed by atoms with Crippen molar-refractivity contribution in [1.29, 1.82) is 0 Å². The summed E-state index contributed by atoms with van der Waals surface area (Å²) in [6.45, 7) is 4.45. The van der Waals surface area contributed by atoms with Gasteiger partial charge in [-0.25, -0.2) is 4.39 Å². The molecule has 25 heavy (non-hydrogen) atoms. The Bertz CT molecular complexity index is 753. The second kappa shape index (κ2) is 8.34. The lowest BCUT2D eigenvalue weighted by Gasteiger charge is -2.26. The summed E-state index contributed by atoms with van der Waals surface area (Å²) in [6, 6.07) is 13.9. The average molecular weight is 334 g/mol. The first-order valence-electron chi connectivity index (χ1n) is 9.56. The van der Waals surface area contributed by atoms with Crippen molar-refractivity contribution in [3.63, 3.8) is 0 Å². The quantitative estimate of drug-likeness (QED) is 0.564. The van der Waals surface area contributed by atoms with E-state index in [1.165, 1.54) is 31.2 Å². The molecule has 0 bridgehead atoms. The number of hydrogen-bond acceptors (Lipinski definition) is 0. The molecule has 0 nitrogen and oxygen atoms in total. The zero-order chi connectivity index (χ0) is 17.6. The minimum absolute atomic E-state index is 0.216. The first kappa shape index (κ1) is 17.7. The van der Waals surface area contributed by atoms with E-state index in [4.69, 9.17) is 0 Å². The SMILES string of the molecule is CCCc1ccc(C#Cc2ccc(C3CCC(C)CC3)cc2)c(F)c1. The average Bonchev–Trinajstić information content (AvgIpc) is 2.62. The molecule has 0 amide bonds. The summed E-state index contributed by atoms with van der Waals surface area (Å²) in [6.07, 6.45) is 7.19. The minimum Gasteiger partial charge on any atom is -0.206 e. The van der Waals surface area contributed by atoms with Crippen molar-refractivity contribution in [3.05, 3.63) is 70.5 Å². The van der Waals surface area contributed by atoms with Crippen molar-refractivity contribution in [2.24, 2.45) is 5.92 Å². The van der Waals surface area contributed by atoms with Gasteiger partial charge in [-0.05, 0) is 66.5 Å². The Kier molecular flexibility index (Phi) is 5.92. The van der Waals surface area contributed by atoms with Crippen LogP contribution >= 0.6 is 0 Å². The van der Waals surface area contributed by atoms with Crippen LogP contribution in [0.4, 0.5) is 4.39 Å². The molecule has 1 saturated carbocycles. The van der Waals surface area contributed by atoms with Gasteiger partial charge in [0, 0.05) is 5.56 Å². The van der Waals surface area contributed by atoms with Crippen molar-refractivity contribution < 1.29 is 4.39 Å². The van der Waals surface area contributed by atoms with E-state index in [0.29, 0.717) is 11.5 Å². The van der Waals surface area contributed by atoms with Gasteiger partial charge in [0.05, 0.1) is 5.56 Å². The van der Waals surface area contributed by atoms with Crippen LogP contribution in [0.2, 0.25) is 0 Å². The first-order chi connectivity index (χ1) is 12.2. The summed E-state index contributed by atoms with van der Waals surface area (Å²) in [4.78, 5) is 0. The summed E-state index contributed by atoms with van der Waals surface area (Å²) in [5.41, 5.74) is 3.89. The molecule has 0 heterocycles. The fraction of sp³-hybridized carbons (Fsp3) is 0.417. The standard InChI is InChI=1S/C24H27F/c1-3-4-20-10-16-23(24(25)17-20)15-9-19-7-13-22(14-8-19)21-11-5-18(2)6-12-21/h7-8,10,13-14,16-18,21H,3-6,11-12H2,1-2H3. The molecule has 1 heteroatoms. The van der Waals surface area contributed by atoms with Gasteiger partial charge in [0.2, 0.25) is 0 Å². The Morgan fingerprint density at radius 1 is 0.960 bits per heavy atom. The van der Waals surface area contributed by atoms with Crippen LogP contribution in [0.1, 0.15) is 74.1 Å². The molecule has 0 spiro atoms. The van der Waals surface area contributed by atoms with Gasteiger partial charge in [-0.15, -0.1) is 0 Å². The molecular formula is C24H27F. The Morgan fingerprint density at radius 3 is 2.32 bits per heavy atom. The Hall–Kier alpha value is -2.07. The van der Waals surface area contributed by atoms with Crippen molar-refractivity contribution in [2.75, 3.05) is 0 Å². The highest BCUT2D eigenvalue weighted by Gasteiger charge is 2.19. The van der Waals surface area contributed by atoms with Gasteiger partial charge >= 0.3 is 0 Å². The molecule has 0 aliphatic heterocycles. The highest BCUT2D eigenvalue weighted by molar-refractivity contribution is 5.45. The van der Waals surface area contributed by atoms with Crippen LogP contribution < -0.4 is 0 Å². The molecule has 0 saturated heterocycles. The van der Waals surface area contributed by atoms with E-state index in [1.807, 2.05) is 6.07 Å². The van der Waals surface area contributed by atoms with Gasteiger partial charge < -0.3 is 0 Å². The number of rotatable bonds is 3. The summed E-state index contributed by atoms with van der Waals surface area (Å²) in [5.74, 6) is 7.43. The van der Waals surface area contributed by atoms with E-state index >= 15 is 0 Å². The molecule has 2 aromatic rings. The maximum Gasteiger partial charge on any atom is 0.139 e. The minimum atomic E-state index is -0.216. The van der Waals surface area contributed by atoms with Crippen molar-refractivity contribution in [2.45, 2.75) is 58.3 Å². The van der Waals surface area contributed by atoms with Gasteiger partial charge in [-0.2, -0.15) is 0 Å². The topological polar surface area (TPSA) is 0 Å². The molecule has 3 rings (SSSR count). The molecule has 2 aromatic carbocycles. The highest BCUT2D eigenvalue weighted by atomic mass is 19.1. The summed E-state index contributed by atoms with van der Waals surface area (Å²) < 4.78 is 14.1. The molecule has 1 aliphatic rings. The normalized spacial score (nSPS) is 20.0. The molecule has 0 N–H and O–H groups in total. The Morgan fingerprint density at radius 2 is 1.68 bits per heavy atom. The van der Waals surface area contributed by atoms with Crippen LogP contribution in [-0.2, 0) is 6.42 Å². The molecular weight excluding hydrogens is 307 g/mol. The van der Waals surface area contributed by atoms with Crippen molar-refractivity contribution in [1.82, 2.24) is 0 Å². The number of aryl methyl sites for hydroxylation is 1. The molecule has 130 valence electrons. The molecule has 0 atom stereocenters. The third-order valence-corrected chi connectivity index (χ3v) is 5.31. The number of hydrogen-bond donors (Lipinski definition) is 0. The Labute approximate surface area is 151 Å². The second-order valence-corrected chi connectivity index (χ2v) is 7.39. The van der Waals surface area contributed by atoms with E-state index in [1.54, 1.807) is 12.1 Å². The van der Waals surface area contributed by atoms with E-state index < -0.39 is 0 Å². The van der Waals surface area contributed by atoms with Crippen molar-refractivity contribution >= 4 is 0 Å². The van der Waals surface area contributed by atoms with Gasteiger partial charge in [0.25, 0.3) is 0 Å². The lowest BCUT2D eigenvalue weighted by Crippen LogP contribution is -2.10. The zero-order valence-electron chi connectivity index (χ0n) is 15.3. The van der Waals surface area contributed by atoms with Crippen LogP contribution in [0.5, 0.6) is 0 Å². The second-order valence-electron chi connectivity index (χ2n) is 7.39. The first-order valence-corrected chi connectivity index (χ1v) is 9.56. The third kappa shape index (κ3) is 4.73. The third-order valence-electron chi connectivity index (χ3n) is 5.31. The fourth-order valence-corrected chi connectivity index (χ4v) is 3.68. The fourth-order valence-electron chi connectivity index (χ4n) is 3.68. The summed E-state index contributed by atoms with van der Waals surface area (Å²) in [7, 11) is 0. The predicted octanol–water partition coefficient (Wildman–Crippen LogP) is 6.47. The van der Waals surface area contributed by atoms with E-state index in [9.17, 15) is 4.39 Å². The van der Waals surface area contributed by atoms with Crippen LogP contribution in [0.3, 0.4) is 0 Å². The summed E-state index contributed by atoms with van der Waals surface area (Å²) >= 11 is 0. The van der Waals surface area contributed by atoms with Crippen LogP contribution in [0.15, 0.2) is 42.5 Å². The zero-order valence-corrected chi connectivity index (χ0v) is 15.3. The van der Waals surface area contributed by atoms with Gasteiger partial charge in [0.1, 0.15) is 5.82 Å². The van der Waals surface area contributed by atoms with Gasteiger partial charge in [-0.3, -0.25) is 0 Å². The lowest BCUT2D eigenvalue weighted by molar-refractivity contribution is 0.348. The van der Waals surface area contributed by atoms with E-state index in [-0.39, 0.29) is 5.82 Å². The molecule has 1 fully saturated rings.